The molecule has 1 aromatic rings. The molecule has 0 spiro atoms. The van der Waals surface area contributed by atoms with E-state index in [1.807, 2.05) is 19.1 Å². The second-order valence-electron chi connectivity index (χ2n) is 6.12. The molecule has 0 radical (unpaired) electrons. The third kappa shape index (κ3) is 3.83. The molecule has 2 N–H and O–H groups in total. The van der Waals surface area contributed by atoms with Gasteiger partial charge in [-0.15, -0.1) is 0 Å². The minimum Gasteiger partial charge on any atom is -0.325 e. The van der Waals surface area contributed by atoms with Crippen LogP contribution in [0.3, 0.4) is 0 Å². The Morgan fingerprint density at radius 1 is 1.40 bits per heavy atom. The van der Waals surface area contributed by atoms with Crippen LogP contribution in [0.15, 0.2) is 24.3 Å². The summed E-state index contributed by atoms with van der Waals surface area (Å²) in [6.07, 6.45) is 3.57. The summed E-state index contributed by atoms with van der Waals surface area (Å²) in [4.78, 5) is 13.8. The third-order valence-corrected chi connectivity index (χ3v) is 4.44. The van der Waals surface area contributed by atoms with E-state index < -0.39 is 0 Å². The van der Waals surface area contributed by atoms with Crippen molar-refractivity contribution in [1.29, 1.82) is 0 Å². The Bertz CT molecular complexity index is 441. The van der Waals surface area contributed by atoms with Gasteiger partial charge in [0, 0.05) is 11.6 Å². The highest BCUT2D eigenvalue weighted by Crippen LogP contribution is 2.10. The van der Waals surface area contributed by atoms with Crippen LogP contribution in [0.25, 0.3) is 0 Å². The summed E-state index contributed by atoms with van der Waals surface area (Å²) in [6, 6.07) is 8.19. The highest BCUT2D eigenvalue weighted by atomic mass is 16.2. The van der Waals surface area contributed by atoms with Crippen LogP contribution >= 0.6 is 0 Å². The van der Waals surface area contributed by atoms with Gasteiger partial charge in [-0.3, -0.25) is 4.79 Å². The zero-order valence-electron chi connectivity index (χ0n) is 12.9. The van der Waals surface area contributed by atoms with E-state index in [1.54, 1.807) is 0 Å². The Morgan fingerprint density at radius 2 is 2.10 bits per heavy atom. The van der Waals surface area contributed by atoms with E-state index in [2.05, 4.69) is 31.3 Å². The van der Waals surface area contributed by atoms with Crippen LogP contribution in [0.5, 0.6) is 0 Å². The molecule has 0 saturated carbocycles. The number of likely N-dealkylation sites (tertiary alicyclic amines) is 1. The van der Waals surface area contributed by atoms with Crippen LogP contribution in [-0.4, -0.2) is 25.0 Å². The fraction of sp³-hybridized carbons (Fsp3) is 0.588. The smallest absolute Gasteiger partial charge is 0.282 e. The van der Waals surface area contributed by atoms with Gasteiger partial charge in [-0.1, -0.05) is 26.0 Å². The van der Waals surface area contributed by atoms with E-state index in [4.69, 9.17) is 0 Å². The van der Waals surface area contributed by atoms with Crippen molar-refractivity contribution in [2.24, 2.45) is 5.92 Å². The molecule has 1 aliphatic heterocycles. The molecule has 1 amide bonds. The van der Waals surface area contributed by atoms with Crippen molar-refractivity contribution >= 4 is 11.6 Å². The molecule has 3 atom stereocenters. The van der Waals surface area contributed by atoms with E-state index >= 15 is 0 Å². The fourth-order valence-corrected chi connectivity index (χ4v) is 2.98. The molecule has 1 saturated heterocycles. The van der Waals surface area contributed by atoms with Crippen molar-refractivity contribution in [2.75, 3.05) is 18.4 Å². The molecular weight excluding hydrogens is 248 g/mol. The summed E-state index contributed by atoms with van der Waals surface area (Å²) < 4.78 is 0. The lowest BCUT2D eigenvalue weighted by Crippen LogP contribution is -3.17. The van der Waals surface area contributed by atoms with E-state index in [1.165, 1.54) is 23.3 Å². The number of carbonyl (C=O) groups is 1. The first-order valence-corrected chi connectivity index (χ1v) is 7.84. The van der Waals surface area contributed by atoms with Gasteiger partial charge in [-0.05, 0) is 43.9 Å². The number of quaternary nitrogens is 1. The first-order chi connectivity index (χ1) is 9.60. The molecule has 20 heavy (non-hydrogen) atoms. The Morgan fingerprint density at radius 3 is 2.70 bits per heavy atom. The van der Waals surface area contributed by atoms with Crippen LogP contribution in [0.2, 0.25) is 0 Å². The molecule has 0 aromatic heterocycles. The van der Waals surface area contributed by atoms with Gasteiger partial charge < -0.3 is 10.2 Å². The maximum absolute atomic E-state index is 12.3. The molecule has 1 heterocycles. The van der Waals surface area contributed by atoms with Gasteiger partial charge in [-0.2, -0.15) is 0 Å². The van der Waals surface area contributed by atoms with Crippen LogP contribution < -0.4 is 10.2 Å². The topological polar surface area (TPSA) is 33.5 Å². The zero-order chi connectivity index (χ0) is 14.5. The number of benzene rings is 1. The highest BCUT2D eigenvalue weighted by molar-refractivity contribution is 5.93. The number of amides is 1. The van der Waals surface area contributed by atoms with Crippen molar-refractivity contribution in [1.82, 2.24) is 0 Å². The lowest BCUT2D eigenvalue weighted by atomic mass is 9.99. The van der Waals surface area contributed by atoms with Crippen molar-refractivity contribution in [3.05, 3.63) is 29.8 Å². The molecule has 1 aliphatic rings. The van der Waals surface area contributed by atoms with Gasteiger partial charge in [0.15, 0.2) is 6.04 Å². The largest absolute Gasteiger partial charge is 0.325 e. The molecule has 3 heteroatoms. The Balaban J connectivity index is 1.92. The van der Waals surface area contributed by atoms with E-state index in [0.717, 1.165) is 31.1 Å². The SMILES string of the molecule is CCc1ccc(NC(=O)[C@@H](C)[NH+]2CCC[C@H](C)C2)cc1. The summed E-state index contributed by atoms with van der Waals surface area (Å²) in [5, 5.41) is 3.05. The number of aryl methyl sites for hydroxylation is 1. The molecule has 2 rings (SSSR count). The molecule has 110 valence electrons. The van der Waals surface area contributed by atoms with Crippen molar-refractivity contribution in [2.45, 2.75) is 46.1 Å². The number of anilines is 1. The van der Waals surface area contributed by atoms with Crippen molar-refractivity contribution < 1.29 is 9.69 Å². The summed E-state index contributed by atoms with van der Waals surface area (Å²) in [6.45, 7) is 8.70. The van der Waals surface area contributed by atoms with Crippen molar-refractivity contribution in [3.63, 3.8) is 0 Å². The number of carbonyl (C=O) groups excluding carboxylic acids is 1. The molecule has 0 bridgehead atoms. The monoisotopic (exact) mass is 275 g/mol. The van der Waals surface area contributed by atoms with Gasteiger partial charge in [0.2, 0.25) is 0 Å². The van der Waals surface area contributed by atoms with Crippen molar-refractivity contribution in [3.8, 4) is 0 Å². The number of rotatable bonds is 4. The second kappa shape index (κ2) is 6.89. The maximum Gasteiger partial charge on any atom is 0.282 e. The minimum atomic E-state index is 0.0311. The average molecular weight is 275 g/mol. The number of nitrogens with one attached hydrogen (secondary N) is 2. The fourth-order valence-electron chi connectivity index (χ4n) is 2.98. The molecule has 0 aliphatic carbocycles. The number of hydrogen-bond acceptors (Lipinski definition) is 1. The quantitative estimate of drug-likeness (QED) is 0.864. The molecule has 1 aromatic carbocycles. The van der Waals surface area contributed by atoms with Gasteiger partial charge >= 0.3 is 0 Å². The first-order valence-electron chi connectivity index (χ1n) is 7.84. The maximum atomic E-state index is 12.3. The summed E-state index contributed by atoms with van der Waals surface area (Å²) in [7, 11) is 0. The molecule has 1 fully saturated rings. The average Bonchev–Trinajstić information content (AvgIpc) is 2.47. The third-order valence-electron chi connectivity index (χ3n) is 4.44. The molecular formula is C17H27N2O+. The Kier molecular flexibility index (Phi) is 5.18. The zero-order valence-corrected chi connectivity index (χ0v) is 12.9. The van der Waals surface area contributed by atoms with E-state index in [9.17, 15) is 4.79 Å². The summed E-state index contributed by atoms with van der Waals surface area (Å²) >= 11 is 0. The van der Waals surface area contributed by atoms with E-state index in [0.29, 0.717) is 0 Å². The molecule has 3 nitrogen and oxygen atoms in total. The number of piperidine rings is 1. The summed E-state index contributed by atoms with van der Waals surface area (Å²) in [5.41, 5.74) is 2.20. The van der Waals surface area contributed by atoms with Gasteiger partial charge in [0.05, 0.1) is 13.1 Å². The Labute approximate surface area is 122 Å². The normalized spacial score (nSPS) is 24.1. The lowest BCUT2D eigenvalue weighted by molar-refractivity contribution is -0.922. The van der Waals surface area contributed by atoms with Crippen LogP contribution in [-0.2, 0) is 11.2 Å². The minimum absolute atomic E-state index is 0.0311. The van der Waals surface area contributed by atoms with Gasteiger partial charge in [0.25, 0.3) is 5.91 Å². The lowest BCUT2D eigenvalue weighted by Gasteiger charge is -2.31. The predicted molar refractivity (Wildman–Crippen MR) is 83.0 cm³/mol. The van der Waals surface area contributed by atoms with Crippen LogP contribution in [0, 0.1) is 5.92 Å². The molecule has 1 unspecified atom stereocenters. The van der Waals surface area contributed by atoms with Gasteiger partial charge in [0.1, 0.15) is 0 Å². The standard InChI is InChI=1S/C17H26N2O/c1-4-15-7-9-16(10-8-15)18-17(20)14(3)19-11-5-6-13(2)12-19/h7-10,13-14H,4-6,11-12H2,1-3H3,(H,18,20)/p+1/t13-,14+/m0/s1. The second-order valence-corrected chi connectivity index (χ2v) is 6.12. The highest BCUT2D eigenvalue weighted by Gasteiger charge is 2.29. The Hall–Kier alpha value is -1.35. The van der Waals surface area contributed by atoms with E-state index in [-0.39, 0.29) is 11.9 Å². The number of hydrogen-bond donors (Lipinski definition) is 2. The van der Waals surface area contributed by atoms with Crippen LogP contribution in [0.1, 0.15) is 39.2 Å². The van der Waals surface area contributed by atoms with Crippen LogP contribution in [0.4, 0.5) is 5.69 Å². The predicted octanol–water partition coefficient (Wildman–Crippen LogP) is 1.89. The summed E-state index contributed by atoms with van der Waals surface area (Å²) in [5.74, 6) is 0.871. The van der Waals surface area contributed by atoms with Gasteiger partial charge in [-0.25, -0.2) is 0 Å². The first kappa shape index (κ1) is 15.0.